The van der Waals surface area contributed by atoms with Gasteiger partial charge in [-0.2, -0.15) is 0 Å². The van der Waals surface area contributed by atoms with Gasteiger partial charge < -0.3 is 10.0 Å². The molecule has 0 aromatic carbocycles. The number of nitrogens with zero attached hydrogens (tertiary/aromatic N) is 1. The first kappa shape index (κ1) is 14.9. The molecule has 5 atom stereocenters. The standard InChI is InChI=1S/C17H27NO3/c1-2-11-9-13(14(10-11)17(20)21)16(19)18-8-7-12-5-3-4-6-15(12)18/h11-15H,2-10H2,1H3,(H,20,21). The fourth-order valence-corrected chi connectivity index (χ4v) is 4.91. The first-order valence-corrected chi connectivity index (χ1v) is 8.65. The van der Waals surface area contributed by atoms with Gasteiger partial charge in [0.05, 0.1) is 11.8 Å². The lowest BCUT2D eigenvalue weighted by Gasteiger charge is -2.33. The number of carbonyl (C=O) groups is 2. The molecule has 3 fully saturated rings. The second-order valence-corrected chi connectivity index (χ2v) is 7.23. The quantitative estimate of drug-likeness (QED) is 0.870. The number of carboxylic acids is 1. The van der Waals surface area contributed by atoms with E-state index >= 15 is 0 Å². The largest absolute Gasteiger partial charge is 0.481 e. The summed E-state index contributed by atoms with van der Waals surface area (Å²) in [5.74, 6) is -0.270. The number of fused-ring (bicyclic) bond motifs is 1. The topological polar surface area (TPSA) is 57.6 Å². The van der Waals surface area contributed by atoms with E-state index in [4.69, 9.17) is 0 Å². The predicted molar refractivity (Wildman–Crippen MR) is 79.7 cm³/mol. The third-order valence-corrected chi connectivity index (χ3v) is 6.17. The number of likely N-dealkylation sites (tertiary alicyclic amines) is 1. The highest BCUT2D eigenvalue weighted by Gasteiger charge is 2.47. The van der Waals surface area contributed by atoms with E-state index in [0.717, 1.165) is 32.2 Å². The van der Waals surface area contributed by atoms with Gasteiger partial charge in [0.25, 0.3) is 0 Å². The molecule has 4 heteroatoms. The van der Waals surface area contributed by atoms with E-state index in [9.17, 15) is 14.7 Å². The van der Waals surface area contributed by atoms with Crippen LogP contribution in [-0.2, 0) is 9.59 Å². The molecule has 0 aromatic rings. The van der Waals surface area contributed by atoms with Gasteiger partial charge in [0.2, 0.25) is 5.91 Å². The Morgan fingerprint density at radius 2 is 1.81 bits per heavy atom. The summed E-state index contributed by atoms with van der Waals surface area (Å²) in [6.07, 6.45) is 8.46. The minimum absolute atomic E-state index is 0.146. The number of rotatable bonds is 3. The zero-order valence-electron chi connectivity index (χ0n) is 13.0. The SMILES string of the molecule is CCC1CC(C(=O)O)C(C(=O)N2CCC3CCCCC32)C1. The van der Waals surface area contributed by atoms with Crippen molar-refractivity contribution < 1.29 is 14.7 Å². The van der Waals surface area contributed by atoms with Crippen molar-refractivity contribution in [2.24, 2.45) is 23.7 Å². The Morgan fingerprint density at radius 1 is 1.10 bits per heavy atom. The van der Waals surface area contributed by atoms with E-state index in [1.54, 1.807) is 0 Å². The lowest BCUT2D eigenvalue weighted by Crippen LogP contribution is -2.44. The van der Waals surface area contributed by atoms with Crippen molar-refractivity contribution in [3.63, 3.8) is 0 Å². The van der Waals surface area contributed by atoms with Gasteiger partial charge in [0.1, 0.15) is 0 Å². The van der Waals surface area contributed by atoms with Gasteiger partial charge in [-0.15, -0.1) is 0 Å². The molecule has 118 valence electrons. The molecule has 0 aromatic heterocycles. The number of hydrogen-bond donors (Lipinski definition) is 1. The Balaban J connectivity index is 1.73. The molecule has 1 amide bonds. The Bertz CT molecular complexity index is 422. The molecule has 3 aliphatic rings. The van der Waals surface area contributed by atoms with Crippen LogP contribution in [0.25, 0.3) is 0 Å². The zero-order valence-corrected chi connectivity index (χ0v) is 13.0. The molecule has 21 heavy (non-hydrogen) atoms. The molecule has 5 unspecified atom stereocenters. The normalized spacial score (nSPS) is 39.3. The molecule has 1 aliphatic heterocycles. The van der Waals surface area contributed by atoms with Crippen LogP contribution in [0.3, 0.4) is 0 Å². The van der Waals surface area contributed by atoms with Crippen LogP contribution in [0.5, 0.6) is 0 Å². The van der Waals surface area contributed by atoms with Crippen LogP contribution < -0.4 is 0 Å². The van der Waals surface area contributed by atoms with Gasteiger partial charge in [-0.3, -0.25) is 9.59 Å². The van der Waals surface area contributed by atoms with Crippen molar-refractivity contribution in [2.45, 2.75) is 64.3 Å². The first-order chi connectivity index (χ1) is 10.1. The van der Waals surface area contributed by atoms with E-state index in [2.05, 4.69) is 11.8 Å². The summed E-state index contributed by atoms with van der Waals surface area (Å²) in [7, 11) is 0. The van der Waals surface area contributed by atoms with E-state index in [-0.39, 0.29) is 11.8 Å². The number of hydrogen-bond acceptors (Lipinski definition) is 2. The van der Waals surface area contributed by atoms with Crippen LogP contribution >= 0.6 is 0 Å². The highest BCUT2D eigenvalue weighted by Crippen LogP contribution is 2.42. The lowest BCUT2D eigenvalue weighted by molar-refractivity contribution is -0.149. The molecule has 2 saturated carbocycles. The zero-order chi connectivity index (χ0) is 15.0. The smallest absolute Gasteiger partial charge is 0.307 e. The third kappa shape index (κ3) is 2.69. The number of amides is 1. The predicted octanol–water partition coefficient (Wildman–Crippen LogP) is 2.91. The van der Waals surface area contributed by atoms with Gasteiger partial charge in [-0.05, 0) is 43.9 Å². The van der Waals surface area contributed by atoms with Crippen molar-refractivity contribution >= 4 is 11.9 Å². The Morgan fingerprint density at radius 3 is 2.52 bits per heavy atom. The summed E-state index contributed by atoms with van der Waals surface area (Å²) in [6, 6.07) is 0.404. The summed E-state index contributed by atoms with van der Waals surface area (Å²) in [6.45, 7) is 2.96. The summed E-state index contributed by atoms with van der Waals surface area (Å²) < 4.78 is 0. The van der Waals surface area contributed by atoms with E-state index in [1.807, 2.05) is 0 Å². The monoisotopic (exact) mass is 293 g/mol. The molecular formula is C17H27NO3. The molecule has 0 spiro atoms. The molecule has 3 rings (SSSR count). The Hall–Kier alpha value is -1.06. The van der Waals surface area contributed by atoms with Crippen LogP contribution in [0.1, 0.15) is 58.3 Å². The molecule has 2 aliphatic carbocycles. The van der Waals surface area contributed by atoms with Gasteiger partial charge >= 0.3 is 5.97 Å². The van der Waals surface area contributed by atoms with E-state index in [1.165, 1.54) is 19.3 Å². The highest BCUT2D eigenvalue weighted by atomic mass is 16.4. The minimum Gasteiger partial charge on any atom is -0.481 e. The molecule has 1 saturated heterocycles. The van der Waals surface area contributed by atoms with Crippen molar-refractivity contribution in [1.82, 2.24) is 4.90 Å². The maximum absolute atomic E-state index is 12.9. The summed E-state index contributed by atoms with van der Waals surface area (Å²) >= 11 is 0. The second-order valence-electron chi connectivity index (χ2n) is 7.23. The average Bonchev–Trinajstić information content (AvgIpc) is 3.10. The van der Waals surface area contributed by atoms with E-state index < -0.39 is 11.9 Å². The van der Waals surface area contributed by atoms with Crippen molar-refractivity contribution in [3.8, 4) is 0 Å². The summed E-state index contributed by atoms with van der Waals surface area (Å²) in [5, 5.41) is 9.45. The van der Waals surface area contributed by atoms with E-state index in [0.29, 0.717) is 24.3 Å². The lowest BCUT2D eigenvalue weighted by atomic mass is 9.84. The summed E-state index contributed by atoms with van der Waals surface area (Å²) in [4.78, 5) is 26.5. The number of aliphatic carboxylic acids is 1. The highest BCUT2D eigenvalue weighted by molar-refractivity contribution is 5.85. The third-order valence-electron chi connectivity index (χ3n) is 6.17. The minimum atomic E-state index is -0.774. The van der Waals surface area contributed by atoms with Gasteiger partial charge in [0, 0.05) is 12.6 Å². The fourth-order valence-electron chi connectivity index (χ4n) is 4.91. The van der Waals surface area contributed by atoms with Crippen LogP contribution in [0.4, 0.5) is 0 Å². The maximum Gasteiger partial charge on any atom is 0.307 e. The molecule has 1 heterocycles. The van der Waals surface area contributed by atoms with Gasteiger partial charge in [-0.25, -0.2) is 0 Å². The molecule has 0 radical (unpaired) electrons. The summed E-state index contributed by atoms with van der Waals surface area (Å²) in [5.41, 5.74) is 0. The molecule has 1 N–H and O–H groups in total. The van der Waals surface area contributed by atoms with Gasteiger partial charge in [0.15, 0.2) is 0 Å². The molecule has 4 nitrogen and oxygen atoms in total. The Labute approximate surface area is 126 Å². The van der Waals surface area contributed by atoms with Gasteiger partial charge in [-0.1, -0.05) is 26.2 Å². The maximum atomic E-state index is 12.9. The average molecular weight is 293 g/mol. The first-order valence-electron chi connectivity index (χ1n) is 8.65. The van der Waals surface area contributed by atoms with Crippen LogP contribution in [0.15, 0.2) is 0 Å². The fraction of sp³-hybridized carbons (Fsp3) is 0.882. The Kier molecular flexibility index (Phi) is 4.23. The number of carboxylic acid groups (broad SMARTS) is 1. The van der Waals surface area contributed by atoms with Crippen molar-refractivity contribution in [2.75, 3.05) is 6.54 Å². The van der Waals surface area contributed by atoms with Crippen LogP contribution in [-0.4, -0.2) is 34.5 Å². The van der Waals surface area contributed by atoms with Crippen molar-refractivity contribution in [3.05, 3.63) is 0 Å². The van der Waals surface area contributed by atoms with Crippen LogP contribution in [0, 0.1) is 23.7 Å². The number of carbonyl (C=O) groups excluding carboxylic acids is 1. The molecule has 0 bridgehead atoms. The molecular weight excluding hydrogens is 266 g/mol. The second kappa shape index (κ2) is 5.98. The van der Waals surface area contributed by atoms with Crippen molar-refractivity contribution in [1.29, 1.82) is 0 Å². The van der Waals surface area contributed by atoms with Crippen LogP contribution in [0.2, 0.25) is 0 Å².